The van der Waals surface area contributed by atoms with Gasteiger partial charge in [-0.05, 0) is 79.0 Å². The van der Waals surface area contributed by atoms with Crippen molar-refractivity contribution in [3.8, 4) is 22.8 Å². The Hall–Kier alpha value is -4.12. The first-order valence-electron chi connectivity index (χ1n) is 14.7. The summed E-state index contributed by atoms with van der Waals surface area (Å²) in [5.41, 5.74) is 5.04. The molecule has 0 radical (unpaired) electrons. The number of rotatable bonds is 8. The van der Waals surface area contributed by atoms with Crippen LogP contribution < -0.4 is 9.64 Å². The van der Waals surface area contributed by atoms with Gasteiger partial charge in [-0.25, -0.2) is 9.67 Å². The van der Waals surface area contributed by atoms with Crippen LogP contribution in [0.2, 0.25) is 0 Å². The molecule has 1 aliphatic heterocycles. The van der Waals surface area contributed by atoms with Gasteiger partial charge in [-0.2, -0.15) is 4.99 Å². The molecular formula is C33H32F3N5O2S. The van der Waals surface area contributed by atoms with Crippen molar-refractivity contribution in [3.05, 3.63) is 90.3 Å². The summed E-state index contributed by atoms with van der Waals surface area (Å²) in [6.45, 7) is 3.00. The molecular weight excluding hydrogens is 587 g/mol. The monoisotopic (exact) mass is 619 g/mol. The molecule has 228 valence electrons. The summed E-state index contributed by atoms with van der Waals surface area (Å²) in [6.07, 6.45) is 1.16. The summed E-state index contributed by atoms with van der Waals surface area (Å²) in [7, 11) is 0. The van der Waals surface area contributed by atoms with E-state index < -0.39 is 6.36 Å². The summed E-state index contributed by atoms with van der Waals surface area (Å²) < 4.78 is 42.7. The normalized spacial score (nSPS) is 19.5. The third-order valence-electron chi connectivity index (χ3n) is 8.13. The number of halogens is 3. The van der Waals surface area contributed by atoms with Crippen LogP contribution in [-0.2, 0) is 11.2 Å². The topological polar surface area (TPSA) is 72.6 Å². The fourth-order valence-electron chi connectivity index (χ4n) is 5.98. The first kappa shape index (κ1) is 29.9. The number of para-hydroxylation sites is 1. The van der Waals surface area contributed by atoms with Crippen LogP contribution in [0.15, 0.2) is 84.1 Å². The number of amidine groups is 1. The van der Waals surface area contributed by atoms with E-state index in [0.717, 1.165) is 54.4 Å². The SMILES string of the molecule is CCc1ccccc1N1CCSC1=NC(=O)CC1CCC(c2ccc(-c3ncn(-c4ccc(OC(F)(F)F)cc4)n3)cc2)C1. The number of thioether (sulfide) groups is 1. The van der Waals surface area contributed by atoms with Gasteiger partial charge in [-0.1, -0.05) is 61.2 Å². The van der Waals surface area contributed by atoms with Crippen LogP contribution in [0.25, 0.3) is 17.1 Å². The second kappa shape index (κ2) is 12.9. The average molecular weight is 620 g/mol. The number of aliphatic imine (C=N–C) groups is 1. The molecule has 1 saturated carbocycles. The summed E-state index contributed by atoms with van der Waals surface area (Å²) in [5, 5.41) is 5.30. The zero-order chi connectivity index (χ0) is 30.7. The molecule has 44 heavy (non-hydrogen) atoms. The highest BCUT2D eigenvalue weighted by molar-refractivity contribution is 8.14. The molecule has 6 rings (SSSR count). The summed E-state index contributed by atoms with van der Waals surface area (Å²) in [5.74, 6) is 1.79. The summed E-state index contributed by atoms with van der Waals surface area (Å²) in [4.78, 5) is 24.1. The molecule has 2 fully saturated rings. The molecule has 7 nitrogen and oxygen atoms in total. The predicted octanol–water partition coefficient (Wildman–Crippen LogP) is 7.81. The largest absolute Gasteiger partial charge is 0.573 e. The number of hydrogen-bond acceptors (Lipinski definition) is 5. The molecule has 1 aliphatic carbocycles. The number of amides is 1. The quantitative estimate of drug-likeness (QED) is 0.200. The van der Waals surface area contributed by atoms with Gasteiger partial charge in [-0.15, -0.1) is 18.3 Å². The Labute approximate surface area is 258 Å². The number of aryl methyl sites for hydroxylation is 1. The van der Waals surface area contributed by atoms with Crippen LogP contribution in [0.5, 0.6) is 5.75 Å². The van der Waals surface area contributed by atoms with Gasteiger partial charge in [0.15, 0.2) is 11.0 Å². The Morgan fingerprint density at radius 3 is 2.57 bits per heavy atom. The molecule has 2 heterocycles. The van der Waals surface area contributed by atoms with Crippen LogP contribution in [-0.4, -0.2) is 44.5 Å². The van der Waals surface area contributed by atoms with Gasteiger partial charge in [-0.3, -0.25) is 4.79 Å². The Balaban J connectivity index is 1.05. The van der Waals surface area contributed by atoms with Gasteiger partial charge in [0.1, 0.15) is 12.1 Å². The molecule has 2 atom stereocenters. The molecule has 0 spiro atoms. The number of ether oxygens (including phenoxy) is 1. The number of aromatic nitrogens is 3. The number of hydrogen-bond donors (Lipinski definition) is 0. The smallest absolute Gasteiger partial charge is 0.406 e. The third-order valence-corrected chi connectivity index (χ3v) is 9.09. The lowest BCUT2D eigenvalue weighted by atomic mass is 9.94. The number of carbonyl (C=O) groups is 1. The van der Waals surface area contributed by atoms with Crippen LogP contribution in [0, 0.1) is 5.92 Å². The van der Waals surface area contributed by atoms with Gasteiger partial charge in [0.2, 0.25) is 5.91 Å². The highest BCUT2D eigenvalue weighted by Crippen LogP contribution is 2.40. The van der Waals surface area contributed by atoms with Gasteiger partial charge < -0.3 is 9.64 Å². The second-order valence-electron chi connectivity index (χ2n) is 11.0. The van der Waals surface area contributed by atoms with Gasteiger partial charge in [0, 0.05) is 30.0 Å². The zero-order valence-corrected chi connectivity index (χ0v) is 25.0. The van der Waals surface area contributed by atoms with Gasteiger partial charge in [0.25, 0.3) is 0 Å². The zero-order valence-electron chi connectivity index (χ0n) is 24.2. The van der Waals surface area contributed by atoms with Crippen molar-refractivity contribution in [2.75, 3.05) is 17.2 Å². The Morgan fingerprint density at radius 2 is 1.82 bits per heavy atom. The van der Waals surface area contributed by atoms with Crippen molar-refractivity contribution < 1.29 is 22.7 Å². The van der Waals surface area contributed by atoms with E-state index in [4.69, 9.17) is 0 Å². The van der Waals surface area contributed by atoms with Crippen molar-refractivity contribution in [1.29, 1.82) is 0 Å². The Kier molecular flexibility index (Phi) is 8.74. The molecule has 2 unspecified atom stereocenters. The third kappa shape index (κ3) is 6.99. The standard InChI is InChI=1S/C33H32F3N5O2S/c1-2-23-5-3-4-6-29(23)40-17-18-44-32(40)38-30(42)20-22-7-8-26(19-22)24-9-11-25(12-10-24)31-37-21-41(39-31)27-13-15-28(16-14-27)43-33(34,35)36/h3-6,9-16,21-22,26H,2,7-8,17-20H2,1H3. The first-order valence-corrected chi connectivity index (χ1v) is 15.7. The molecule has 4 aromatic rings. The predicted molar refractivity (Wildman–Crippen MR) is 166 cm³/mol. The highest BCUT2D eigenvalue weighted by atomic mass is 32.2. The fraction of sp³-hybridized carbons (Fsp3) is 0.333. The van der Waals surface area contributed by atoms with E-state index in [-0.39, 0.29) is 11.7 Å². The molecule has 0 bridgehead atoms. The molecule has 1 amide bonds. The fourth-order valence-corrected chi connectivity index (χ4v) is 6.95. The lowest BCUT2D eigenvalue weighted by Gasteiger charge is -2.21. The molecule has 3 aromatic carbocycles. The summed E-state index contributed by atoms with van der Waals surface area (Å²) >= 11 is 1.65. The lowest BCUT2D eigenvalue weighted by Crippen LogP contribution is -2.25. The van der Waals surface area contributed by atoms with E-state index in [1.165, 1.54) is 46.4 Å². The number of benzene rings is 3. The van der Waals surface area contributed by atoms with E-state index in [0.29, 0.717) is 29.8 Å². The van der Waals surface area contributed by atoms with E-state index in [1.54, 1.807) is 11.8 Å². The average Bonchev–Trinajstić information content (AvgIpc) is 3.79. The molecule has 11 heteroatoms. The van der Waals surface area contributed by atoms with Crippen LogP contribution >= 0.6 is 11.8 Å². The molecule has 0 N–H and O–H groups in total. The lowest BCUT2D eigenvalue weighted by molar-refractivity contribution is -0.274. The maximum atomic E-state index is 13.0. The van der Waals surface area contributed by atoms with Crippen LogP contribution in [0.1, 0.15) is 49.7 Å². The van der Waals surface area contributed by atoms with Crippen LogP contribution in [0.3, 0.4) is 0 Å². The Bertz CT molecular complexity index is 1640. The Morgan fingerprint density at radius 1 is 1.05 bits per heavy atom. The van der Waals surface area contributed by atoms with E-state index >= 15 is 0 Å². The minimum Gasteiger partial charge on any atom is -0.406 e. The maximum absolute atomic E-state index is 13.0. The number of anilines is 1. The van der Waals surface area contributed by atoms with E-state index in [2.05, 4.69) is 55.9 Å². The van der Waals surface area contributed by atoms with Gasteiger partial charge >= 0.3 is 6.36 Å². The highest BCUT2D eigenvalue weighted by Gasteiger charge is 2.31. The van der Waals surface area contributed by atoms with Crippen molar-refractivity contribution in [1.82, 2.24) is 14.8 Å². The maximum Gasteiger partial charge on any atom is 0.573 e. The summed E-state index contributed by atoms with van der Waals surface area (Å²) in [6, 6.07) is 21.9. The number of nitrogens with zero attached hydrogens (tertiary/aromatic N) is 5. The minimum absolute atomic E-state index is 0.0430. The van der Waals surface area contributed by atoms with Crippen molar-refractivity contribution in [2.24, 2.45) is 10.9 Å². The van der Waals surface area contributed by atoms with Crippen molar-refractivity contribution in [2.45, 2.75) is 51.3 Å². The van der Waals surface area contributed by atoms with Crippen LogP contribution in [0.4, 0.5) is 18.9 Å². The van der Waals surface area contributed by atoms with Crippen molar-refractivity contribution in [3.63, 3.8) is 0 Å². The van der Waals surface area contributed by atoms with E-state index in [9.17, 15) is 18.0 Å². The molecule has 1 aromatic heterocycles. The second-order valence-corrected chi connectivity index (χ2v) is 12.1. The molecule has 2 aliphatic rings. The number of alkyl halides is 3. The van der Waals surface area contributed by atoms with Crippen molar-refractivity contribution >= 4 is 28.5 Å². The molecule has 1 saturated heterocycles. The van der Waals surface area contributed by atoms with E-state index in [1.807, 2.05) is 24.3 Å². The minimum atomic E-state index is -4.74. The first-order chi connectivity index (χ1) is 21.3. The van der Waals surface area contributed by atoms with Gasteiger partial charge in [0.05, 0.1) is 5.69 Å². The number of carbonyl (C=O) groups excluding carboxylic acids is 1.